The summed E-state index contributed by atoms with van der Waals surface area (Å²) in [7, 11) is 2.05. The van der Waals surface area contributed by atoms with E-state index in [1.54, 1.807) is 0 Å². The summed E-state index contributed by atoms with van der Waals surface area (Å²) in [6, 6.07) is 0.584. The third-order valence-electron chi connectivity index (χ3n) is 3.01. The zero-order valence-corrected chi connectivity index (χ0v) is 12.1. The van der Waals surface area contributed by atoms with Gasteiger partial charge < -0.3 is 10.1 Å². The minimum Gasteiger partial charge on any atom is -0.381 e. The Morgan fingerprint density at radius 1 is 1.06 bits per heavy atom. The van der Waals surface area contributed by atoms with Crippen LogP contribution in [0.4, 0.5) is 0 Å². The summed E-state index contributed by atoms with van der Waals surface area (Å²) in [5.74, 6) is 0.750. The molecular formula is C14H31NO. The molecule has 0 saturated carbocycles. The first-order chi connectivity index (χ1) is 7.38. The van der Waals surface area contributed by atoms with Crippen molar-refractivity contribution in [2.45, 2.75) is 59.9 Å². The van der Waals surface area contributed by atoms with Gasteiger partial charge in [-0.1, -0.05) is 34.6 Å². The van der Waals surface area contributed by atoms with E-state index in [-0.39, 0.29) is 0 Å². The monoisotopic (exact) mass is 229 g/mol. The van der Waals surface area contributed by atoms with Gasteiger partial charge >= 0.3 is 0 Å². The fourth-order valence-corrected chi connectivity index (χ4v) is 1.82. The number of hydrogen-bond donors (Lipinski definition) is 1. The van der Waals surface area contributed by atoms with Gasteiger partial charge in [0.15, 0.2) is 0 Å². The maximum absolute atomic E-state index is 5.62. The molecule has 0 fully saturated rings. The fraction of sp³-hybridized carbons (Fsp3) is 1.00. The van der Waals surface area contributed by atoms with Gasteiger partial charge in [-0.15, -0.1) is 0 Å². The Hall–Kier alpha value is -0.0800. The molecule has 98 valence electrons. The van der Waals surface area contributed by atoms with Gasteiger partial charge in [-0.3, -0.25) is 0 Å². The van der Waals surface area contributed by atoms with Crippen molar-refractivity contribution in [3.05, 3.63) is 0 Å². The van der Waals surface area contributed by atoms with Crippen LogP contribution in [0.15, 0.2) is 0 Å². The van der Waals surface area contributed by atoms with Gasteiger partial charge in [-0.25, -0.2) is 0 Å². The topological polar surface area (TPSA) is 21.3 Å². The summed E-state index contributed by atoms with van der Waals surface area (Å²) in [5, 5.41) is 3.40. The van der Waals surface area contributed by atoms with Gasteiger partial charge in [0.25, 0.3) is 0 Å². The normalized spacial score (nSPS) is 14.4. The summed E-state index contributed by atoms with van der Waals surface area (Å²) in [6.07, 6.45) is 3.53. The Balaban J connectivity index is 3.50. The molecule has 0 spiro atoms. The first-order valence-electron chi connectivity index (χ1n) is 6.63. The molecule has 0 aromatic rings. The summed E-state index contributed by atoms with van der Waals surface area (Å²) < 4.78 is 5.62. The summed E-state index contributed by atoms with van der Waals surface area (Å²) >= 11 is 0. The van der Waals surface area contributed by atoms with Crippen LogP contribution in [0.1, 0.15) is 53.9 Å². The fourth-order valence-electron chi connectivity index (χ4n) is 1.82. The molecule has 0 bridgehead atoms. The molecular weight excluding hydrogens is 198 g/mol. The lowest BCUT2D eigenvalue weighted by Gasteiger charge is -2.30. The van der Waals surface area contributed by atoms with E-state index in [0.29, 0.717) is 11.5 Å². The van der Waals surface area contributed by atoms with Crippen LogP contribution >= 0.6 is 0 Å². The highest BCUT2D eigenvalue weighted by atomic mass is 16.5. The van der Waals surface area contributed by atoms with Gasteiger partial charge in [0.1, 0.15) is 0 Å². The third-order valence-corrected chi connectivity index (χ3v) is 3.01. The van der Waals surface area contributed by atoms with Crippen molar-refractivity contribution in [1.29, 1.82) is 0 Å². The van der Waals surface area contributed by atoms with Crippen LogP contribution in [-0.2, 0) is 4.74 Å². The molecule has 0 heterocycles. The predicted molar refractivity (Wildman–Crippen MR) is 71.8 cm³/mol. The van der Waals surface area contributed by atoms with Crippen molar-refractivity contribution in [3.8, 4) is 0 Å². The van der Waals surface area contributed by atoms with E-state index in [9.17, 15) is 0 Å². The molecule has 1 atom stereocenters. The lowest BCUT2D eigenvalue weighted by molar-refractivity contribution is 0.113. The standard InChI is InChI=1S/C14H31NO/c1-12(2)9-11-16-10-7-8-13(15-6)14(3,4)5/h12-13,15H,7-11H2,1-6H3. The molecule has 0 saturated heterocycles. The van der Waals surface area contributed by atoms with Crippen LogP contribution in [-0.4, -0.2) is 26.3 Å². The van der Waals surface area contributed by atoms with Crippen LogP contribution in [0.3, 0.4) is 0 Å². The van der Waals surface area contributed by atoms with E-state index in [2.05, 4.69) is 47.0 Å². The van der Waals surface area contributed by atoms with E-state index in [1.165, 1.54) is 12.8 Å². The number of ether oxygens (including phenoxy) is 1. The zero-order chi connectivity index (χ0) is 12.6. The van der Waals surface area contributed by atoms with E-state index < -0.39 is 0 Å². The van der Waals surface area contributed by atoms with Crippen molar-refractivity contribution >= 4 is 0 Å². The number of nitrogens with one attached hydrogen (secondary N) is 1. The van der Waals surface area contributed by atoms with Gasteiger partial charge in [0.2, 0.25) is 0 Å². The molecule has 0 aromatic heterocycles. The van der Waals surface area contributed by atoms with E-state index in [1.807, 2.05) is 0 Å². The van der Waals surface area contributed by atoms with Crippen LogP contribution in [0.2, 0.25) is 0 Å². The van der Waals surface area contributed by atoms with Crippen molar-refractivity contribution in [2.75, 3.05) is 20.3 Å². The van der Waals surface area contributed by atoms with Crippen molar-refractivity contribution < 1.29 is 4.74 Å². The van der Waals surface area contributed by atoms with Crippen LogP contribution in [0, 0.1) is 11.3 Å². The Bertz CT molecular complexity index is 161. The van der Waals surface area contributed by atoms with Crippen molar-refractivity contribution in [2.24, 2.45) is 11.3 Å². The quantitative estimate of drug-likeness (QED) is 0.644. The Labute approximate surface area is 102 Å². The third kappa shape index (κ3) is 8.12. The van der Waals surface area contributed by atoms with Gasteiger partial charge in [0, 0.05) is 19.3 Å². The highest BCUT2D eigenvalue weighted by molar-refractivity contribution is 4.78. The Morgan fingerprint density at radius 2 is 1.69 bits per heavy atom. The molecule has 0 rings (SSSR count). The highest BCUT2D eigenvalue weighted by Gasteiger charge is 2.21. The second kappa shape index (κ2) is 8.08. The Kier molecular flexibility index (Phi) is 8.04. The highest BCUT2D eigenvalue weighted by Crippen LogP contribution is 2.22. The number of rotatable bonds is 8. The zero-order valence-electron chi connectivity index (χ0n) is 12.1. The molecule has 0 radical (unpaired) electrons. The van der Waals surface area contributed by atoms with Crippen LogP contribution < -0.4 is 5.32 Å². The SMILES string of the molecule is CNC(CCCOCCC(C)C)C(C)(C)C. The maximum atomic E-state index is 5.62. The van der Waals surface area contributed by atoms with Gasteiger partial charge in [-0.05, 0) is 37.6 Å². The molecule has 0 aliphatic rings. The maximum Gasteiger partial charge on any atom is 0.0468 e. The second-order valence-electron chi connectivity index (χ2n) is 6.14. The predicted octanol–water partition coefficient (Wildman–Crippen LogP) is 3.46. The molecule has 1 N–H and O–H groups in total. The summed E-state index contributed by atoms with van der Waals surface area (Å²) in [6.45, 7) is 13.1. The van der Waals surface area contributed by atoms with E-state index in [4.69, 9.17) is 4.74 Å². The molecule has 2 heteroatoms. The van der Waals surface area contributed by atoms with Crippen LogP contribution in [0.5, 0.6) is 0 Å². The first-order valence-corrected chi connectivity index (χ1v) is 6.63. The van der Waals surface area contributed by atoms with Crippen molar-refractivity contribution in [1.82, 2.24) is 5.32 Å². The lowest BCUT2D eigenvalue weighted by Crippen LogP contribution is -2.38. The Morgan fingerprint density at radius 3 is 2.12 bits per heavy atom. The second-order valence-corrected chi connectivity index (χ2v) is 6.14. The smallest absolute Gasteiger partial charge is 0.0468 e. The summed E-state index contributed by atoms with van der Waals surface area (Å²) in [5.41, 5.74) is 0.340. The summed E-state index contributed by atoms with van der Waals surface area (Å²) in [4.78, 5) is 0. The minimum atomic E-state index is 0.340. The van der Waals surface area contributed by atoms with Gasteiger partial charge in [0.05, 0.1) is 0 Å². The average molecular weight is 229 g/mol. The molecule has 0 aromatic carbocycles. The largest absolute Gasteiger partial charge is 0.381 e. The van der Waals surface area contributed by atoms with Gasteiger partial charge in [-0.2, -0.15) is 0 Å². The molecule has 1 unspecified atom stereocenters. The van der Waals surface area contributed by atoms with E-state index in [0.717, 1.165) is 25.6 Å². The molecule has 0 amide bonds. The number of hydrogen-bond acceptors (Lipinski definition) is 2. The molecule has 2 nitrogen and oxygen atoms in total. The van der Waals surface area contributed by atoms with E-state index >= 15 is 0 Å². The molecule has 0 aliphatic carbocycles. The van der Waals surface area contributed by atoms with Crippen molar-refractivity contribution in [3.63, 3.8) is 0 Å². The average Bonchev–Trinajstić information content (AvgIpc) is 2.14. The van der Waals surface area contributed by atoms with Crippen LogP contribution in [0.25, 0.3) is 0 Å². The molecule has 0 aliphatic heterocycles. The first kappa shape index (κ1) is 15.9. The minimum absolute atomic E-state index is 0.340. The molecule has 16 heavy (non-hydrogen) atoms. The lowest BCUT2D eigenvalue weighted by atomic mass is 9.84.